The average molecular weight is 228 g/mol. The summed E-state index contributed by atoms with van der Waals surface area (Å²) in [4.78, 5) is 4.18. The quantitative estimate of drug-likeness (QED) is 0.649. The maximum absolute atomic E-state index is 13.8. The Labute approximate surface area is 96.5 Å². The van der Waals surface area contributed by atoms with E-state index in [9.17, 15) is 4.39 Å². The number of anilines is 1. The normalized spacial score (nSPS) is 10.9. The molecule has 2 heterocycles. The van der Waals surface area contributed by atoms with Crippen LogP contribution in [0.15, 0.2) is 42.9 Å². The largest absolute Gasteiger partial charge is 0.399 e. The zero-order chi connectivity index (χ0) is 11.8. The summed E-state index contributed by atoms with van der Waals surface area (Å²) in [5, 5.41) is 4.11. The monoisotopic (exact) mass is 228 g/mol. The van der Waals surface area contributed by atoms with Crippen molar-refractivity contribution in [1.82, 2.24) is 14.6 Å². The average Bonchev–Trinajstić information content (AvgIpc) is 2.73. The molecule has 0 unspecified atom stereocenters. The number of rotatable bonds is 1. The van der Waals surface area contributed by atoms with Gasteiger partial charge >= 0.3 is 0 Å². The molecule has 0 bridgehead atoms. The van der Waals surface area contributed by atoms with E-state index in [4.69, 9.17) is 5.73 Å². The molecule has 2 N–H and O–H groups in total. The molecular formula is C12H9FN4. The van der Waals surface area contributed by atoms with Crippen LogP contribution in [0.4, 0.5) is 10.1 Å². The molecule has 2 aromatic heterocycles. The van der Waals surface area contributed by atoms with Crippen molar-refractivity contribution in [2.75, 3.05) is 5.73 Å². The first kappa shape index (κ1) is 9.77. The summed E-state index contributed by atoms with van der Waals surface area (Å²) in [5.41, 5.74) is 7.64. The lowest BCUT2D eigenvalue weighted by molar-refractivity contribution is 0.632. The molecule has 3 rings (SSSR count). The van der Waals surface area contributed by atoms with E-state index in [1.807, 2.05) is 0 Å². The summed E-state index contributed by atoms with van der Waals surface area (Å²) in [6, 6.07) is 6.35. The Hall–Kier alpha value is -2.43. The minimum atomic E-state index is -0.370. The van der Waals surface area contributed by atoms with Crippen molar-refractivity contribution in [2.45, 2.75) is 0 Å². The van der Waals surface area contributed by atoms with Gasteiger partial charge in [0.15, 0.2) is 5.65 Å². The van der Waals surface area contributed by atoms with E-state index in [0.717, 1.165) is 0 Å². The molecule has 0 fully saturated rings. The number of hydrogen-bond donors (Lipinski definition) is 1. The smallest absolute Gasteiger partial charge is 0.162 e. The molecule has 5 heteroatoms. The topological polar surface area (TPSA) is 56.2 Å². The van der Waals surface area contributed by atoms with E-state index in [-0.39, 0.29) is 5.82 Å². The second-order valence-corrected chi connectivity index (χ2v) is 3.69. The van der Waals surface area contributed by atoms with Gasteiger partial charge in [0.1, 0.15) is 5.82 Å². The molecule has 84 valence electrons. The Balaban J connectivity index is 2.27. The van der Waals surface area contributed by atoms with Crippen LogP contribution in [0.3, 0.4) is 0 Å². The lowest BCUT2D eigenvalue weighted by Crippen LogP contribution is -1.91. The second-order valence-electron chi connectivity index (χ2n) is 3.69. The Morgan fingerprint density at radius 3 is 2.94 bits per heavy atom. The first-order valence-electron chi connectivity index (χ1n) is 5.09. The zero-order valence-corrected chi connectivity index (χ0v) is 8.84. The molecule has 1 aromatic carbocycles. The van der Waals surface area contributed by atoms with Gasteiger partial charge in [0, 0.05) is 29.2 Å². The molecule has 0 aliphatic rings. The van der Waals surface area contributed by atoms with E-state index in [1.165, 1.54) is 6.07 Å². The summed E-state index contributed by atoms with van der Waals surface area (Å²) < 4.78 is 15.4. The molecule has 3 aromatic rings. The highest BCUT2D eigenvalue weighted by Crippen LogP contribution is 2.26. The molecule has 0 radical (unpaired) electrons. The van der Waals surface area contributed by atoms with Crippen molar-refractivity contribution in [2.24, 2.45) is 0 Å². The number of nitrogen functional groups attached to an aromatic ring is 1. The molecule has 0 aliphatic carbocycles. The van der Waals surface area contributed by atoms with Gasteiger partial charge in [0.05, 0.1) is 6.20 Å². The third-order valence-electron chi connectivity index (χ3n) is 2.56. The van der Waals surface area contributed by atoms with Gasteiger partial charge in [-0.05, 0) is 24.3 Å². The van der Waals surface area contributed by atoms with Gasteiger partial charge in [0.25, 0.3) is 0 Å². The predicted octanol–water partition coefficient (Wildman–Crippen LogP) is 2.12. The molecule has 0 aliphatic heterocycles. The van der Waals surface area contributed by atoms with Gasteiger partial charge in [-0.25, -0.2) is 13.9 Å². The summed E-state index contributed by atoms with van der Waals surface area (Å²) >= 11 is 0. The van der Waals surface area contributed by atoms with Gasteiger partial charge in [0.2, 0.25) is 0 Å². The van der Waals surface area contributed by atoms with Crippen LogP contribution in [-0.4, -0.2) is 14.6 Å². The Bertz CT molecular complexity index is 690. The van der Waals surface area contributed by atoms with Crippen molar-refractivity contribution in [3.8, 4) is 11.1 Å². The summed E-state index contributed by atoms with van der Waals surface area (Å²) in [6.07, 6.45) is 5.01. The van der Waals surface area contributed by atoms with Crippen LogP contribution in [-0.2, 0) is 0 Å². The number of aromatic nitrogens is 3. The molecule has 0 amide bonds. The van der Waals surface area contributed by atoms with Crippen LogP contribution in [0.2, 0.25) is 0 Å². The van der Waals surface area contributed by atoms with Gasteiger partial charge in [-0.2, -0.15) is 5.10 Å². The maximum atomic E-state index is 13.8. The fraction of sp³-hybridized carbons (Fsp3) is 0. The van der Waals surface area contributed by atoms with E-state index >= 15 is 0 Å². The highest BCUT2D eigenvalue weighted by molar-refractivity contribution is 5.77. The van der Waals surface area contributed by atoms with Crippen LogP contribution >= 0.6 is 0 Å². The first-order chi connectivity index (χ1) is 8.25. The fourth-order valence-corrected chi connectivity index (χ4v) is 1.77. The van der Waals surface area contributed by atoms with Crippen molar-refractivity contribution >= 4 is 11.3 Å². The summed E-state index contributed by atoms with van der Waals surface area (Å²) in [6.45, 7) is 0. The van der Waals surface area contributed by atoms with Crippen molar-refractivity contribution in [3.05, 3.63) is 48.7 Å². The number of benzene rings is 1. The fourth-order valence-electron chi connectivity index (χ4n) is 1.77. The van der Waals surface area contributed by atoms with Crippen molar-refractivity contribution in [3.63, 3.8) is 0 Å². The molecule has 4 nitrogen and oxygen atoms in total. The molecule has 0 atom stereocenters. The molecule has 0 saturated heterocycles. The highest BCUT2D eigenvalue weighted by Gasteiger charge is 2.11. The molecule has 17 heavy (non-hydrogen) atoms. The lowest BCUT2D eigenvalue weighted by atomic mass is 10.1. The first-order valence-corrected chi connectivity index (χ1v) is 5.09. The maximum Gasteiger partial charge on any atom is 0.162 e. The third kappa shape index (κ3) is 1.52. The molecular weight excluding hydrogens is 219 g/mol. The zero-order valence-electron chi connectivity index (χ0n) is 8.84. The lowest BCUT2D eigenvalue weighted by Gasteiger charge is -2.01. The van der Waals surface area contributed by atoms with Crippen LogP contribution in [0.5, 0.6) is 0 Å². The minimum absolute atomic E-state index is 0.370. The minimum Gasteiger partial charge on any atom is -0.399 e. The van der Waals surface area contributed by atoms with Crippen LogP contribution in [0, 0.1) is 5.82 Å². The van der Waals surface area contributed by atoms with E-state index in [0.29, 0.717) is 22.5 Å². The molecule has 0 spiro atoms. The standard InChI is InChI=1S/C12H9FN4/c13-11-6-8(14)2-3-9(11)10-7-16-17-5-1-4-15-12(10)17/h1-7H,14H2. The van der Waals surface area contributed by atoms with Crippen LogP contribution < -0.4 is 5.73 Å². The SMILES string of the molecule is Nc1ccc(-c2cnn3cccnc23)c(F)c1. The number of hydrogen-bond acceptors (Lipinski definition) is 3. The Morgan fingerprint density at radius 2 is 2.12 bits per heavy atom. The molecule has 0 saturated carbocycles. The number of halogens is 1. The van der Waals surface area contributed by atoms with E-state index in [2.05, 4.69) is 10.1 Å². The van der Waals surface area contributed by atoms with E-state index < -0.39 is 0 Å². The Morgan fingerprint density at radius 1 is 1.24 bits per heavy atom. The summed E-state index contributed by atoms with van der Waals surface area (Å²) in [7, 11) is 0. The Kier molecular flexibility index (Phi) is 2.04. The van der Waals surface area contributed by atoms with Crippen molar-refractivity contribution < 1.29 is 4.39 Å². The van der Waals surface area contributed by atoms with Gasteiger partial charge < -0.3 is 5.73 Å². The number of fused-ring (bicyclic) bond motifs is 1. The number of nitrogens with zero attached hydrogens (tertiary/aromatic N) is 3. The van der Waals surface area contributed by atoms with Gasteiger partial charge in [-0.3, -0.25) is 0 Å². The van der Waals surface area contributed by atoms with E-state index in [1.54, 1.807) is 41.3 Å². The summed E-state index contributed by atoms with van der Waals surface area (Å²) in [5.74, 6) is -0.370. The second kappa shape index (κ2) is 3.55. The van der Waals surface area contributed by atoms with Gasteiger partial charge in [-0.15, -0.1) is 0 Å². The van der Waals surface area contributed by atoms with Gasteiger partial charge in [-0.1, -0.05) is 0 Å². The highest BCUT2D eigenvalue weighted by atomic mass is 19.1. The number of nitrogens with two attached hydrogens (primary N) is 1. The van der Waals surface area contributed by atoms with Crippen LogP contribution in [0.1, 0.15) is 0 Å². The predicted molar refractivity (Wildman–Crippen MR) is 62.8 cm³/mol. The third-order valence-corrected chi connectivity index (χ3v) is 2.56. The van der Waals surface area contributed by atoms with Crippen LogP contribution in [0.25, 0.3) is 16.8 Å². The van der Waals surface area contributed by atoms with Crippen molar-refractivity contribution in [1.29, 1.82) is 0 Å².